The van der Waals surface area contributed by atoms with E-state index in [0.29, 0.717) is 5.56 Å². The van der Waals surface area contributed by atoms with Gasteiger partial charge in [0.25, 0.3) is 0 Å². The molecule has 0 saturated heterocycles. The molecule has 0 radical (unpaired) electrons. The molecule has 0 fully saturated rings. The fourth-order valence-corrected chi connectivity index (χ4v) is 3.64. The molecule has 0 atom stereocenters. The molecule has 1 aromatic carbocycles. The number of pyridine rings is 1. The Morgan fingerprint density at radius 1 is 1.04 bits per heavy atom. The Bertz CT molecular complexity index is 947. The Kier molecular flexibility index (Phi) is 4.59. The largest absolute Gasteiger partial charge is 0.465 e. The molecule has 1 aliphatic rings. The molecule has 0 unspecified atom stereocenters. The van der Waals surface area contributed by atoms with E-state index in [2.05, 4.69) is 70.5 Å². The second-order valence-electron chi connectivity index (χ2n) is 8.39. The van der Waals surface area contributed by atoms with Gasteiger partial charge in [-0.25, -0.2) is 4.79 Å². The van der Waals surface area contributed by atoms with Gasteiger partial charge in [-0.2, -0.15) is 0 Å². The maximum Gasteiger partial charge on any atom is 0.339 e. The number of carbonyl (C=O) groups is 1. The number of benzene rings is 1. The summed E-state index contributed by atoms with van der Waals surface area (Å²) in [4.78, 5) is 16.0. The first kappa shape index (κ1) is 19.1. The Labute approximate surface area is 161 Å². The molecule has 0 amide bonds. The standard InChI is InChI=1S/C24H27NO2/c1-15-12-19-20(24(5,6)11-10-23(19,3)4)13-18(15)16(2)21-9-8-17(14-25-21)22(26)27-7/h8-14H,2H2,1,3-7H3. The van der Waals surface area contributed by atoms with E-state index in [9.17, 15) is 4.79 Å². The van der Waals surface area contributed by atoms with Crippen LogP contribution < -0.4 is 0 Å². The van der Waals surface area contributed by atoms with Gasteiger partial charge in [-0.05, 0) is 47.4 Å². The average Bonchev–Trinajstić information content (AvgIpc) is 2.64. The van der Waals surface area contributed by atoms with Crippen molar-refractivity contribution in [2.75, 3.05) is 7.11 Å². The Morgan fingerprint density at radius 3 is 2.15 bits per heavy atom. The number of hydrogen-bond acceptors (Lipinski definition) is 3. The summed E-state index contributed by atoms with van der Waals surface area (Å²) >= 11 is 0. The van der Waals surface area contributed by atoms with Crippen LogP contribution in [0, 0.1) is 6.92 Å². The highest BCUT2D eigenvalue weighted by Crippen LogP contribution is 2.43. The van der Waals surface area contributed by atoms with Gasteiger partial charge in [0.2, 0.25) is 0 Å². The minimum Gasteiger partial charge on any atom is -0.465 e. The van der Waals surface area contributed by atoms with Gasteiger partial charge in [-0.1, -0.05) is 52.5 Å². The predicted octanol–water partition coefficient (Wildman–Crippen LogP) is 5.36. The summed E-state index contributed by atoms with van der Waals surface area (Å²) in [5, 5.41) is 0. The topological polar surface area (TPSA) is 39.2 Å². The fraction of sp³-hybridized carbons (Fsp3) is 0.333. The molecule has 2 aromatic rings. The smallest absolute Gasteiger partial charge is 0.339 e. The van der Waals surface area contributed by atoms with Crippen molar-refractivity contribution in [3.05, 3.63) is 82.7 Å². The SMILES string of the molecule is C=C(c1ccc(C(=O)OC)cn1)c1cc2c(cc1C)C(C)(C)C=CC2(C)C. The minimum absolute atomic E-state index is 0.00981. The number of methoxy groups -OCH3 is 1. The molecule has 140 valence electrons. The van der Waals surface area contributed by atoms with Crippen LogP contribution in [0.2, 0.25) is 0 Å². The van der Waals surface area contributed by atoms with Crippen molar-refractivity contribution >= 4 is 11.5 Å². The van der Waals surface area contributed by atoms with Gasteiger partial charge in [0.15, 0.2) is 0 Å². The normalized spacial score (nSPS) is 16.5. The number of rotatable bonds is 3. The Balaban J connectivity index is 2.06. The molecule has 1 aromatic heterocycles. The zero-order valence-corrected chi connectivity index (χ0v) is 17.0. The molecule has 0 N–H and O–H groups in total. The van der Waals surface area contributed by atoms with E-state index in [1.807, 2.05) is 6.07 Å². The molecule has 3 nitrogen and oxygen atoms in total. The van der Waals surface area contributed by atoms with Gasteiger partial charge in [0.1, 0.15) is 0 Å². The summed E-state index contributed by atoms with van der Waals surface area (Å²) in [6.07, 6.45) is 6.13. The van der Waals surface area contributed by atoms with Crippen LogP contribution in [0.3, 0.4) is 0 Å². The minimum atomic E-state index is -0.389. The van der Waals surface area contributed by atoms with E-state index < -0.39 is 0 Å². The lowest BCUT2D eigenvalue weighted by Gasteiger charge is -2.37. The first-order valence-electron chi connectivity index (χ1n) is 9.17. The van der Waals surface area contributed by atoms with Crippen molar-refractivity contribution in [2.24, 2.45) is 0 Å². The number of hydrogen-bond donors (Lipinski definition) is 0. The lowest BCUT2D eigenvalue weighted by molar-refractivity contribution is 0.0600. The monoisotopic (exact) mass is 361 g/mol. The van der Waals surface area contributed by atoms with Crippen LogP contribution in [0.15, 0.2) is 49.2 Å². The van der Waals surface area contributed by atoms with E-state index in [1.54, 1.807) is 6.07 Å². The molecule has 27 heavy (non-hydrogen) atoms. The zero-order valence-electron chi connectivity index (χ0n) is 17.0. The summed E-state index contributed by atoms with van der Waals surface area (Å²) in [7, 11) is 1.36. The highest BCUT2D eigenvalue weighted by atomic mass is 16.5. The number of fused-ring (bicyclic) bond motifs is 1. The van der Waals surface area contributed by atoms with Gasteiger partial charge in [0, 0.05) is 22.6 Å². The summed E-state index contributed by atoms with van der Waals surface area (Å²) < 4.78 is 4.74. The van der Waals surface area contributed by atoms with Crippen molar-refractivity contribution in [2.45, 2.75) is 45.4 Å². The average molecular weight is 361 g/mol. The van der Waals surface area contributed by atoms with Crippen LogP contribution in [0.1, 0.15) is 66.0 Å². The molecule has 1 aliphatic carbocycles. The van der Waals surface area contributed by atoms with Gasteiger partial charge in [0.05, 0.1) is 18.4 Å². The molecule has 0 saturated carbocycles. The number of aromatic nitrogens is 1. The lowest BCUT2D eigenvalue weighted by Crippen LogP contribution is -2.29. The van der Waals surface area contributed by atoms with Gasteiger partial charge in [-0.3, -0.25) is 4.98 Å². The van der Waals surface area contributed by atoms with Crippen LogP contribution in [0.4, 0.5) is 0 Å². The van der Waals surface area contributed by atoms with Gasteiger partial charge in [-0.15, -0.1) is 0 Å². The van der Waals surface area contributed by atoms with Crippen molar-refractivity contribution in [1.82, 2.24) is 4.98 Å². The van der Waals surface area contributed by atoms with Crippen LogP contribution in [0.5, 0.6) is 0 Å². The van der Waals surface area contributed by atoms with Crippen LogP contribution >= 0.6 is 0 Å². The third-order valence-corrected chi connectivity index (χ3v) is 5.49. The highest BCUT2D eigenvalue weighted by molar-refractivity contribution is 5.89. The van der Waals surface area contributed by atoms with Crippen molar-refractivity contribution in [3.8, 4) is 0 Å². The predicted molar refractivity (Wildman–Crippen MR) is 110 cm³/mol. The highest BCUT2D eigenvalue weighted by Gasteiger charge is 2.33. The second kappa shape index (κ2) is 6.49. The van der Waals surface area contributed by atoms with Gasteiger partial charge < -0.3 is 4.74 Å². The Hall–Kier alpha value is -2.68. The number of ether oxygens (including phenoxy) is 1. The molecular formula is C24H27NO2. The van der Waals surface area contributed by atoms with E-state index in [-0.39, 0.29) is 16.8 Å². The molecule has 3 heteroatoms. The molecular weight excluding hydrogens is 334 g/mol. The molecule has 0 bridgehead atoms. The number of allylic oxidation sites excluding steroid dienone is 2. The third kappa shape index (κ3) is 3.34. The van der Waals surface area contributed by atoms with Crippen molar-refractivity contribution in [1.29, 1.82) is 0 Å². The maximum atomic E-state index is 11.6. The van der Waals surface area contributed by atoms with E-state index in [1.165, 1.54) is 30.0 Å². The van der Waals surface area contributed by atoms with Crippen LogP contribution in [-0.4, -0.2) is 18.1 Å². The number of carbonyl (C=O) groups excluding carboxylic acids is 1. The maximum absolute atomic E-state index is 11.6. The van der Waals surface area contributed by atoms with Crippen molar-refractivity contribution < 1.29 is 9.53 Å². The molecule has 0 aliphatic heterocycles. The number of nitrogens with zero attached hydrogens (tertiary/aromatic N) is 1. The Morgan fingerprint density at radius 2 is 1.63 bits per heavy atom. The lowest BCUT2D eigenvalue weighted by atomic mass is 9.67. The summed E-state index contributed by atoms with van der Waals surface area (Å²) in [5.74, 6) is -0.389. The second-order valence-corrected chi connectivity index (χ2v) is 8.39. The summed E-state index contributed by atoms with van der Waals surface area (Å²) in [5.41, 5.74) is 6.98. The van der Waals surface area contributed by atoms with Gasteiger partial charge >= 0.3 is 5.97 Å². The van der Waals surface area contributed by atoms with Crippen LogP contribution in [-0.2, 0) is 15.6 Å². The summed E-state index contributed by atoms with van der Waals surface area (Å²) in [6.45, 7) is 15.4. The van der Waals surface area contributed by atoms with Crippen molar-refractivity contribution in [3.63, 3.8) is 0 Å². The number of aryl methyl sites for hydroxylation is 1. The molecule has 0 spiro atoms. The molecule has 1 heterocycles. The van der Waals surface area contributed by atoms with E-state index in [4.69, 9.17) is 4.74 Å². The third-order valence-electron chi connectivity index (χ3n) is 5.49. The quantitative estimate of drug-likeness (QED) is 0.545. The van der Waals surface area contributed by atoms with E-state index in [0.717, 1.165) is 16.8 Å². The van der Waals surface area contributed by atoms with Crippen LogP contribution in [0.25, 0.3) is 5.57 Å². The first-order valence-corrected chi connectivity index (χ1v) is 9.17. The molecule has 3 rings (SSSR count). The fourth-order valence-electron chi connectivity index (χ4n) is 3.64. The summed E-state index contributed by atoms with van der Waals surface area (Å²) in [6, 6.07) is 8.09. The van der Waals surface area contributed by atoms with E-state index >= 15 is 0 Å². The zero-order chi connectivity index (χ0) is 20.0. The first-order chi connectivity index (χ1) is 12.6. The number of esters is 1.